The largest absolute Gasteiger partial charge is 0.452 e. The van der Waals surface area contributed by atoms with E-state index >= 15 is 0 Å². The number of nitrogens with one attached hydrogen (secondary N) is 1. The summed E-state index contributed by atoms with van der Waals surface area (Å²) >= 11 is 11.8. The van der Waals surface area contributed by atoms with Crippen LogP contribution >= 0.6 is 23.2 Å². The summed E-state index contributed by atoms with van der Waals surface area (Å²) in [5, 5.41) is 3.50. The Labute approximate surface area is 160 Å². The maximum Gasteiger partial charge on any atom is 0.331 e. The summed E-state index contributed by atoms with van der Waals surface area (Å²) in [6.07, 6.45) is 2.53. The van der Waals surface area contributed by atoms with Gasteiger partial charge in [0.15, 0.2) is 6.61 Å². The molecule has 26 heavy (non-hydrogen) atoms. The third-order valence-corrected chi connectivity index (χ3v) is 4.17. The molecule has 0 heterocycles. The van der Waals surface area contributed by atoms with E-state index in [1.807, 2.05) is 0 Å². The first-order valence-electron chi connectivity index (χ1n) is 7.70. The first-order valence-corrected chi connectivity index (χ1v) is 8.45. The Hall–Kier alpha value is -2.37. The molecular weight excluding hydrogens is 380 g/mol. The summed E-state index contributed by atoms with van der Waals surface area (Å²) in [6.45, 7) is 1.33. The van der Waals surface area contributed by atoms with Crippen molar-refractivity contribution in [1.29, 1.82) is 0 Å². The van der Waals surface area contributed by atoms with Gasteiger partial charge in [0.05, 0.1) is 16.1 Å². The van der Waals surface area contributed by atoms with Crippen LogP contribution in [0.15, 0.2) is 48.5 Å². The van der Waals surface area contributed by atoms with E-state index in [0.29, 0.717) is 15.6 Å². The summed E-state index contributed by atoms with van der Waals surface area (Å²) in [4.78, 5) is 23.5. The van der Waals surface area contributed by atoms with Gasteiger partial charge in [-0.1, -0.05) is 41.4 Å². The summed E-state index contributed by atoms with van der Waals surface area (Å²) < 4.78 is 17.9. The summed E-state index contributed by atoms with van der Waals surface area (Å²) in [5.41, 5.74) is 1.28. The van der Waals surface area contributed by atoms with Crippen LogP contribution in [0.25, 0.3) is 6.08 Å². The average Bonchev–Trinajstić information content (AvgIpc) is 2.60. The van der Waals surface area contributed by atoms with Crippen molar-refractivity contribution in [1.82, 2.24) is 5.32 Å². The quantitative estimate of drug-likeness (QED) is 0.575. The minimum atomic E-state index is -0.702. The van der Waals surface area contributed by atoms with Gasteiger partial charge in [-0.25, -0.2) is 9.18 Å². The van der Waals surface area contributed by atoms with Gasteiger partial charge in [-0.3, -0.25) is 4.79 Å². The fraction of sp³-hybridized carbons (Fsp3) is 0.158. The van der Waals surface area contributed by atoms with Crippen LogP contribution in [0.2, 0.25) is 10.0 Å². The lowest BCUT2D eigenvalue weighted by Gasteiger charge is -2.14. The summed E-state index contributed by atoms with van der Waals surface area (Å²) in [7, 11) is 0. The lowest BCUT2D eigenvalue weighted by atomic mass is 10.1. The summed E-state index contributed by atoms with van der Waals surface area (Å²) in [6, 6.07) is 10.4. The topological polar surface area (TPSA) is 55.4 Å². The maximum absolute atomic E-state index is 13.0. The lowest BCUT2D eigenvalue weighted by Crippen LogP contribution is -2.30. The number of hydrogen-bond acceptors (Lipinski definition) is 3. The highest BCUT2D eigenvalue weighted by atomic mass is 35.5. The van der Waals surface area contributed by atoms with Crippen LogP contribution in [0, 0.1) is 5.82 Å². The number of ether oxygens (including phenoxy) is 1. The predicted molar refractivity (Wildman–Crippen MR) is 99.4 cm³/mol. The first kappa shape index (κ1) is 19.9. The van der Waals surface area contributed by atoms with Crippen molar-refractivity contribution < 1.29 is 18.7 Å². The average molecular weight is 396 g/mol. The van der Waals surface area contributed by atoms with Crippen LogP contribution in [0.4, 0.5) is 4.39 Å². The molecule has 1 N–H and O–H groups in total. The van der Waals surface area contributed by atoms with Crippen LogP contribution in [0.1, 0.15) is 24.1 Å². The van der Waals surface area contributed by atoms with Gasteiger partial charge in [0.25, 0.3) is 5.91 Å². The molecule has 0 fully saturated rings. The fourth-order valence-corrected chi connectivity index (χ4v) is 2.41. The number of carbonyl (C=O) groups excluding carboxylic acids is 2. The van der Waals surface area contributed by atoms with E-state index in [2.05, 4.69) is 5.32 Å². The van der Waals surface area contributed by atoms with Crippen LogP contribution in [-0.4, -0.2) is 18.5 Å². The van der Waals surface area contributed by atoms with Crippen LogP contribution in [0.5, 0.6) is 0 Å². The van der Waals surface area contributed by atoms with Gasteiger partial charge in [-0.2, -0.15) is 0 Å². The number of halogens is 3. The van der Waals surface area contributed by atoms with E-state index in [9.17, 15) is 14.0 Å². The third kappa shape index (κ3) is 6.17. The highest BCUT2D eigenvalue weighted by Gasteiger charge is 2.12. The monoisotopic (exact) mass is 395 g/mol. The molecule has 2 aromatic rings. The van der Waals surface area contributed by atoms with Gasteiger partial charge in [-0.15, -0.1) is 0 Å². The number of esters is 1. The van der Waals surface area contributed by atoms with Crippen LogP contribution in [0.3, 0.4) is 0 Å². The molecule has 0 radical (unpaired) electrons. The number of carbonyl (C=O) groups is 2. The zero-order valence-corrected chi connectivity index (χ0v) is 15.4. The Balaban J connectivity index is 1.82. The highest BCUT2D eigenvalue weighted by Crippen LogP contribution is 2.25. The Morgan fingerprint density at radius 3 is 2.65 bits per heavy atom. The van der Waals surface area contributed by atoms with E-state index < -0.39 is 24.3 Å². The zero-order valence-electron chi connectivity index (χ0n) is 13.8. The van der Waals surface area contributed by atoms with Crippen molar-refractivity contribution in [2.45, 2.75) is 13.0 Å². The van der Waals surface area contributed by atoms with Gasteiger partial charge in [0.1, 0.15) is 5.82 Å². The van der Waals surface area contributed by atoms with Crippen LogP contribution < -0.4 is 5.32 Å². The zero-order chi connectivity index (χ0) is 19.1. The van der Waals surface area contributed by atoms with E-state index in [0.717, 1.165) is 11.6 Å². The molecule has 0 aromatic heterocycles. The van der Waals surface area contributed by atoms with Crippen molar-refractivity contribution in [2.75, 3.05) is 6.61 Å². The molecule has 4 nitrogen and oxygen atoms in total. The van der Waals surface area contributed by atoms with E-state index in [-0.39, 0.29) is 6.04 Å². The molecule has 1 amide bonds. The van der Waals surface area contributed by atoms with Gasteiger partial charge in [0, 0.05) is 6.08 Å². The minimum absolute atomic E-state index is 0.334. The molecule has 2 aromatic carbocycles. The Bertz CT molecular complexity index is 839. The minimum Gasteiger partial charge on any atom is -0.452 e. The predicted octanol–water partition coefficient (Wildman–Crippen LogP) is 4.57. The Morgan fingerprint density at radius 2 is 1.96 bits per heavy atom. The molecule has 1 atom stereocenters. The van der Waals surface area contributed by atoms with Crippen molar-refractivity contribution in [3.63, 3.8) is 0 Å². The number of benzene rings is 2. The van der Waals surface area contributed by atoms with E-state index in [4.69, 9.17) is 27.9 Å². The molecule has 0 aliphatic carbocycles. The van der Waals surface area contributed by atoms with Gasteiger partial charge >= 0.3 is 5.97 Å². The second-order valence-electron chi connectivity index (χ2n) is 5.46. The highest BCUT2D eigenvalue weighted by molar-refractivity contribution is 6.42. The van der Waals surface area contributed by atoms with Gasteiger partial charge in [0.2, 0.25) is 0 Å². The third-order valence-electron chi connectivity index (χ3n) is 3.43. The van der Waals surface area contributed by atoms with Gasteiger partial charge < -0.3 is 10.1 Å². The van der Waals surface area contributed by atoms with Crippen molar-refractivity contribution in [3.05, 3.63) is 75.5 Å². The molecule has 136 valence electrons. The molecule has 0 aliphatic heterocycles. The van der Waals surface area contributed by atoms with Crippen molar-refractivity contribution in [2.24, 2.45) is 0 Å². The SMILES string of the molecule is C[C@H](NC(=O)COC(=O)/C=C/c1cccc(F)c1)c1ccc(Cl)c(Cl)c1. The lowest BCUT2D eigenvalue weighted by molar-refractivity contribution is -0.144. The van der Waals surface area contributed by atoms with Crippen molar-refractivity contribution in [3.8, 4) is 0 Å². The molecule has 0 spiro atoms. The van der Waals surface area contributed by atoms with Crippen LogP contribution in [-0.2, 0) is 14.3 Å². The maximum atomic E-state index is 13.0. The molecule has 2 rings (SSSR count). The number of hydrogen-bond donors (Lipinski definition) is 1. The smallest absolute Gasteiger partial charge is 0.331 e. The molecule has 0 bridgehead atoms. The molecule has 0 unspecified atom stereocenters. The van der Waals surface area contributed by atoms with E-state index in [1.165, 1.54) is 24.3 Å². The van der Waals surface area contributed by atoms with E-state index in [1.54, 1.807) is 31.2 Å². The van der Waals surface area contributed by atoms with Gasteiger partial charge in [-0.05, 0) is 48.4 Å². The standard InChI is InChI=1S/C19H16Cl2FNO3/c1-12(14-6-7-16(20)17(21)10-14)23-18(24)11-26-19(25)8-5-13-3-2-4-15(22)9-13/h2-10,12H,11H2,1H3,(H,23,24)/b8-5+/t12-/m0/s1. The number of rotatable bonds is 6. The molecule has 0 aliphatic rings. The molecular formula is C19H16Cl2FNO3. The Kier molecular flexibility index (Phi) is 7.18. The molecule has 0 saturated heterocycles. The summed E-state index contributed by atoms with van der Waals surface area (Å²) in [5.74, 6) is -1.57. The normalized spacial score (nSPS) is 12.0. The number of amides is 1. The fourth-order valence-electron chi connectivity index (χ4n) is 2.11. The second-order valence-corrected chi connectivity index (χ2v) is 6.27. The molecule has 7 heteroatoms. The van der Waals surface area contributed by atoms with Crippen molar-refractivity contribution >= 4 is 41.2 Å². The molecule has 0 saturated carbocycles. The first-order chi connectivity index (χ1) is 12.3. The second kappa shape index (κ2) is 9.36. The Morgan fingerprint density at radius 1 is 1.19 bits per heavy atom.